The number of hydrogen-bond acceptors (Lipinski definition) is 1. The zero-order valence-corrected chi connectivity index (χ0v) is 10.6. The summed E-state index contributed by atoms with van der Waals surface area (Å²) in [5, 5.41) is 0. The summed E-state index contributed by atoms with van der Waals surface area (Å²) in [4.78, 5) is 13.8. The summed E-state index contributed by atoms with van der Waals surface area (Å²) in [7, 11) is 0. The second-order valence-corrected chi connectivity index (χ2v) is 4.85. The van der Waals surface area contributed by atoms with E-state index in [2.05, 4.69) is 0 Å². The number of hydrogen-bond donors (Lipinski definition) is 0. The predicted molar refractivity (Wildman–Crippen MR) is 65.7 cm³/mol. The molecule has 0 radical (unpaired) electrons. The van der Waals surface area contributed by atoms with Crippen molar-refractivity contribution in [3.8, 4) is 0 Å². The van der Waals surface area contributed by atoms with Crippen molar-refractivity contribution in [3.05, 3.63) is 35.4 Å². The molecule has 1 saturated heterocycles. The van der Waals surface area contributed by atoms with Crippen LogP contribution in [0.1, 0.15) is 23.2 Å². The van der Waals surface area contributed by atoms with Gasteiger partial charge in [0.05, 0.1) is 0 Å². The molecule has 18 heavy (non-hydrogen) atoms. The molecule has 0 spiro atoms. The maximum Gasteiger partial charge on any atom is 0.253 e. The Morgan fingerprint density at radius 2 is 2.17 bits per heavy atom. The summed E-state index contributed by atoms with van der Waals surface area (Å²) >= 11 is 5.79. The molecule has 1 heterocycles. The zero-order chi connectivity index (χ0) is 13.1. The third-order valence-corrected chi connectivity index (χ3v) is 3.63. The quantitative estimate of drug-likeness (QED) is 0.759. The van der Waals surface area contributed by atoms with Crippen LogP contribution in [0, 0.1) is 17.6 Å². The Kier molecular flexibility index (Phi) is 4.17. The number of likely N-dealkylation sites (tertiary alicyclic amines) is 1. The Labute approximate surface area is 110 Å². The highest BCUT2D eigenvalue weighted by atomic mass is 35.5. The first kappa shape index (κ1) is 13.3. The van der Waals surface area contributed by atoms with E-state index in [1.54, 1.807) is 4.90 Å². The molecule has 2 rings (SSSR count). The van der Waals surface area contributed by atoms with Gasteiger partial charge in [-0.3, -0.25) is 4.79 Å². The average molecular weight is 274 g/mol. The number of amides is 1. The SMILES string of the molecule is O=C(c1ccc(F)c(F)c1)N1CCCC(CCl)C1. The fourth-order valence-corrected chi connectivity index (χ4v) is 2.44. The van der Waals surface area contributed by atoms with Gasteiger partial charge in [0.2, 0.25) is 0 Å². The molecule has 2 nitrogen and oxygen atoms in total. The van der Waals surface area contributed by atoms with Gasteiger partial charge in [0, 0.05) is 24.5 Å². The van der Waals surface area contributed by atoms with Crippen LogP contribution in [0.4, 0.5) is 8.78 Å². The number of rotatable bonds is 2. The lowest BCUT2D eigenvalue weighted by Crippen LogP contribution is -2.40. The minimum absolute atomic E-state index is 0.184. The molecular weight excluding hydrogens is 260 g/mol. The summed E-state index contributed by atoms with van der Waals surface area (Å²) in [6.07, 6.45) is 1.90. The Bertz CT molecular complexity index is 453. The van der Waals surface area contributed by atoms with Crippen LogP contribution in [0.5, 0.6) is 0 Å². The van der Waals surface area contributed by atoms with Crippen molar-refractivity contribution in [2.75, 3.05) is 19.0 Å². The molecule has 1 aliphatic heterocycles. The second-order valence-electron chi connectivity index (χ2n) is 4.54. The van der Waals surface area contributed by atoms with Crippen LogP contribution in [0.2, 0.25) is 0 Å². The van der Waals surface area contributed by atoms with E-state index in [1.807, 2.05) is 0 Å². The van der Waals surface area contributed by atoms with Gasteiger partial charge in [-0.1, -0.05) is 0 Å². The molecule has 98 valence electrons. The molecule has 1 aromatic carbocycles. The van der Waals surface area contributed by atoms with Gasteiger partial charge in [0.25, 0.3) is 5.91 Å². The molecule has 1 amide bonds. The molecule has 1 aromatic rings. The average Bonchev–Trinajstić information content (AvgIpc) is 2.41. The number of nitrogens with zero attached hydrogens (tertiary/aromatic N) is 1. The number of carbonyl (C=O) groups excluding carboxylic acids is 1. The Morgan fingerprint density at radius 3 is 2.83 bits per heavy atom. The largest absolute Gasteiger partial charge is 0.338 e. The van der Waals surface area contributed by atoms with E-state index >= 15 is 0 Å². The Hall–Kier alpha value is -1.16. The number of piperidine rings is 1. The van der Waals surface area contributed by atoms with Crippen molar-refractivity contribution in [1.29, 1.82) is 0 Å². The Balaban J connectivity index is 2.12. The molecule has 5 heteroatoms. The highest BCUT2D eigenvalue weighted by Crippen LogP contribution is 2.20. The van der Waals surface area contributed by atoms with Crippen molar-refractivity contribution in [3.63, 3.8) is 0 Å². The molecule has 0 bridgehead atoms. The van der Waals surface area contributed by atoms with Crippen LogP contribution in [0.15, 0.2) is 18.2 Å². The highest BCUT2D eigenvalue weighted by molar-refractivity contribution is 6.18. The van der Waals surface area contributed by atoms with Crippen LogP contribution in [0.3, 0.4) is 0 Å². The topological polar surface area (TPSA) is 20.3 Å². The van der Waals surface area contributed by atoms with Crippen molar-refractivity contribution in [2.24, 2.45) is 5.92 Å². The second kappa shape index (κ2) is 5.65. The van der Waals surface area contributed by atoms with E-state index in [4.69, 9.17) is 11.6 Å². The molecule has 1 aliphatic rings. The molecule has 0 aliphatic carbocycles. The maximum atomic E-state index is 13.1. The van der Waals surface area contributed by atoms with Gasteiger partial charge >= 0.3 is 0 Å². The van der Waals surface area contributed by atoms with E-state index in [1.165, 1.54) is 6.07 Å². The van der Waals surface area contributed by atoms with E-state index in [9.17, 15) is 13.6 Å². The van der Waals surface area contributed by atoms with E-state index < -0.39 is 11.6 Å². The normalized spacial score (nSPS) is 19.9. The molecule has 1 unspecified atom stereocenters. The predicted octanol–water partition coefficient (Wildman–Crippen LogP) is 3.06. The van der Waals surface area contributed by atoms with Crippen molar-refractivity contribution >= 4 is 17.5 Å². The van der Waals surface area contributed by atoms with Crippen molar-refractivity contribution in [1.82, 2.24) is 4.90 Å². The number of benzene rings is 1. The van der Waals surface area contributed by atoms with Crippen LogP contribution in [-0.4, -0.2) is 29.8 Å². The summed E-state index contributed by atoms with van der Waals surface area (Å²) in [6, 6.07) is 3.23. The van der Waals surface area contributed by atoms with Crippen molar-refractivity contribution in [2.45, 2.75) is 12.8 Å². The maximum absolute atomic E-state index is 13.1. The lowest BCUT2D eigenvalue weighted by atomic mass is 9.99. The van der Waals surface area contributed by atoms with Gasteiger partial charge in [-0.15, -0.1) is 11.6 Å². The molecular formula is C13H14ClF2NO. The van der Waals surface area contributed by atoms with Crippen LogP contribution >= 0.6 is 11.6 Å². The summed E-state index contributed by atoms with van der Waals surface area (Å²) < 4.78 is 25.9. The third-order valence-electron chi connectivity index (χ3n) is 3.19. The molecule has 1 fully saturated rings. The highest BCUT2D eigenvalue weighted by Gasteiger charge is 2.24. The fourth-order valence-electron chi connectivity index (χ4n) is 2.19. The first-order chi connectivity index (χ1) is 8.61. The third kappa shape index (κ3) is 2.80. The van der Waals surface area contributed by atoms with Crippen LogP contribution < -0.4 is 0 Å². The number of alkyl halides is 1. The van der Waals surface area contributed by atoms with Crippen molar-refractivity contribution < 1.29 is 13.6 Å². The van der Waals surface area contributed by atoms with Gasteiger partial charge < -0.3 is 4.90 Å². The fraction of sp³-hybridized carbons (Fsp3) is 0.462. The lowest BCUT2D eigenvalue weighted by Gasteiger charge is -2.31. The minimum Gasteiger partial charge on any atom is -0.338 e. The van der Waals surface area contributed by atoms with E-state index in [0.717, 1.165) is 25.0 Å². The molecule has 1 atom stereocenters. The smallest absolute Gasteiger partial charge is 0.253 e. The van der Waals surface area contributed by atoms with Gasteiger partial charge in [0.15, 0.2) is 11.6 Å². The van der Waals surface area contributed by atoms with Crippen LogP contribution in [-0.2, 0) is 0 Å². The number of carbonyl (C=O) groups is 1. The first-order valence-electron chi connectivity index (χ1n) is 5.92. The first-order valence-corrected chi connectivity index (χ1v) is 6.45. The standard InChI is InChI=1S/C13H14ClF2NO/c14-7-9-2-1-5-17(8-9)13(18)10-3-4-11(15)12(16)6-10/h3-4,6,9H,1-2,5,7-8H2. The summed E-state index contributed by atoms with van der Waals surface area (Å²) in [5.74, 6) is -1.39. The summed E-state index contributed by atoms with van der Waals surface area (Å²) in [5.41, 5.74) is 0.184. The summed E-state index contributed by atoms with van der Waals surface area (Å²) in [6.45, 7) is 1.23. The van der Waals surface area contributed by atoms with E-state index in [0.29, 0.717) is 19.0 Å². The zero-order valence-electron chi connectivity index (χ0n) is 9.83. The molecule has 0 aromatic heterocycles. The van der Waals surface area contributed by atoms with E-state index in [-0.39, 0.29) is 17.4 Å². The van der Waals surface area contributed by atoms with Gasteiger partial charge in [-0.25, -0.2) is 8.78 Å². The lowest BCUT2D eigenvalue weighted by molar-refractivity contribution is 0.0684. The number of halogens is 3. The van der Waals surface area contributed by atoms with Gasteiger partial charge in [-0.05, 0) is 37.0 Å². The van der Waals surface area contributed by atoms with Gasteiger partial charge in [0.1, 0.15) is 0 Å². The minimum atomic E-state index is -0.994. The molecule has 0 saturated carbocycles. The molecule has 0 N–H and O–H groups in total. The van der Waals surface area contributed by atoms with Crippen LogP contribution in [0.25, 0.3) is 0 Å². The monoisotopic (exact) mass is 273 g/mol. The van der Waals surface area contributed by atoms with Gasteiger partial charge in [-0.2, -0.15) is 0 Å². The Morgan fingerprint density at radius 1 is 1.39 bits per heavy atom.